The minimum atomic E-state index is -4.63. The zero-order valence-electron chi connectivity index (χ0n) is 31.7. The Morgan fingerprint density at radius 1 is 0.784 bits per heavy atom. The predicted octanol–water partition coefficient (Wildman–Crippen LogP) is 8.45. The molecule has 1 heterocycles. The number of hydrogen-bond acceptors (Lipinski definition) is 10. The molecule has 6 atom stereocenters. The second-order valence-corrected chi connectivity index (χ2v) is 15.0. The van der Waals surface area contributed by atoms with Crippen LogP contribution in [0.15, 0.2) is 36.5 Å². The molecule has 0 aromatic carbocycles. The molecule has 3 N–H and O–H groups in total. The maximum Gasteiger partial charge on any atom is 0.472 e. The number of carbonyl (C=O) groups excluding carboxylic acids is 2. The number of hydrogen-bond donors (Lipinski definition) is 3. The van der Waals surface area contributed by atoms with Crippen LogP contribution in [0.4, 0.5) is 0 Å². The van der Waals surface area contributed by atoms with Crippen LogP contribution in [0.2, 0.25) is 0 Å². The highest BCUT2D eigenvalue weighted by molar-refractivity contribution is 7.47. The standard InChI is InChI=1S/C39H69O11P/c1-4-6-7-8-9-10-11-12-13-14-18-21-25-36-37(50-36)26-23-28-38(42)46-31-35(32-48-51(44,45)47-30-34(41)29-40)49-39(43)27-22-19-16-15-17-20-24-33(3)5-2/h9-10,12-13,18,21,33-37,40-41H,4-8,11,14-17,19-20,22-32H2,1-3H3,(H,44,45)/b10-9-,13-12-,21-18-/t33?,34-,35+,36?,37?/m0/s1. The van der Waals surface area contributed by atoms with E-state index in [1.165, 1.54) is 44.9 Å². The highest BCUT2D eigenvalue weighted by Crippen LogP contribution is 2.43. The highest BCUT2D eigenvalue weighted by atomic mass is 31.2. The number of esters is 2. The second kappa shape index (κ2) is 30.6. The van der Waals surface area contributed by atoms with Gasteiger partial charge in [0, 0.05) is 12.8 Å². The largest absolute Gasteiger partial charge is 0.472 e. The van der Waals surface area contributed by atoms with Crippen molar-refractivity contribution in [2.75, 3.05) is 26.4 Å². The van der Waals surface area contributed by atoms with Crippen molar-refractivity contribution < 1.29 is 52.5 Å². The van der Waals surface area contributed by atoms with Crippen LogP contribution in [0.5, 0.6) is 0 Å². The molecule has 0 radical (unpaired) electrons. The predicted molar refractivity (Wildman–Crippen MR) is 200 cm³/mol. The molecule has 12 heteroatoms. The molecule has 1 aliphatic heterocycles. The first-order chi connectivity index (χ1) is 24.6. The lowest BCUT2D eigenvalue weighted by Crippen LogP contribution is -2.29. The summed E-state index contributed by atoms with van der Waals surface area (Å²) >= 11 is 0. The molecule has 0 amide bonds. The van der Waals surface area contributed by atoms with Gasteiger partial charge in [-0.15, -0.1) is 0 Å². The maximum atomic E-state index is 12.5. The molecule has 51 heavy (non-hydrogen) atoms. The van der Waals surface area contributed by atoms with Crippen molar-refractivity contribution in [3.63, 3.8) is 0 Å². The van der Waals surface area contributed by atoms with Gasteiger partial charge in [0.1, 0.15) is 12.7 Å². The normalized spacial score (nSPS) is 19.0. The van der Waals surface area contributed by atoms with Crippen molar-refractivity contribution in [2.24, 2.45) is 5.92 Å². The van der Waals surface area contributed by atoms with Gasteiger partial charge in [0.2, 0.25) is 0 Å². The third kappa shape index (κ3) is 28.3. The Labute approximate surface area is 307 Å². The first-order valence-electron chi connectivity index (χ1n) is 19.5. The third-order valence-electron chi connectivity index (χ3n) is 8.76. The third-order valence-corrected chi connectivity index (χ3v) is 9.71. The summed E-state index contributed by atoms with van der Waals surface area (Å²) in [4.78, 5) is 34.9. The van der Waals surface area contributed by atoms with E-state index in [0.29, 0.717) is 12.8 Å². The first-order valence-corrected chi connectivity index (χ1v) is 21.0. The molecule has 1 aliphatic rings. The number of aliphatic hydroxyl groups excluding tert-OH is 2. The molecule has 0 spiro atoms. The van der Waals surface area contributed by atoms with Crippen LogP contribution in [0.1, 0.15) is 143 Å². The van der Waals surface area contributed by atoms with E-state index in [1.54, 1.807) is 0 Å². The van der Waals surface area contributed by atoms with Crippen LogP contribution < -0.4 is 0 Å². The van der Waals surface area contributed by atoms with Gasteiger partial charge in [-0.2, -0.15) is 0 Å². The number of phosphoric acid groups is 1. The Hall–Kier alpha value is -1.85. The van der Waals surface area contributed by atoms with E-state index < -0.39 is 51.8 Å². The number of aliphatic hydroxyl groups is 2. The number of ether oxygens (including phenoxy) is 3. The molecule has 0 bridgehead atoms. The van der Waals surface area contributed by atoms with E-state index in [4.69, 9.17) is 23.8 Å². The van der Waals surface area contributed by atoms with Gasteiger partial charge < -0.3 is 29.3 Å². The topological polar surface area (TPSA) is 161 Å². The molecule has 1 saturated heterocycles. The van der Waals surface area contributed by atoms with Crippen LogP contribution in [0.25, 0.3) is 0 Å². The van der Waals surface area contributed by atoms with E-state index in [9.17, 15) is 24.2 Å². The first kappa shape index (κ1) is 47.2. The van der Waals surface area contributed by atoms with Gasteiger partial charge >= 0.3 is 19.8 Å². The van der Waals surface area contributed by atoms with Crippen molar-refractivity contribution in [3.05, 3.63) is 36.5 Å². The lowest BCUT2D eigenvalue weighted by molar-refractivity contribution is -0.161. The van der Waals surface area contributed by atoms with Crippen LogP contribution in [0, 0.1) is 5.92 Å². The van der Waals surface area contributed by atoms with Crippen molar-refractivity contribution in [2.45, 2.75) is 167 Å². The molecular weight excluding hydrogens is 675 g/mol. The summed E-state index contributed by atoms with van der Waals surface area (Å²) < 4.78 is 38.3. The molecule has 0 aliphatic carbocycles. The summed E-state index contributed by atoms with van der Waals surface area (Å²) in [5.74, 6) is -0.250. The summed E-state index contributed by atoms with van der Waals surface area (Å²) in [6.07, 6.45) is 28.7. The van der Waals surface area contributed by atoms with Gasteiger partial charge in [0.25, 0.3) is 0 Å². The van der Waals surface area contributed by atoms with Crippen molar-refractivity contribution in [1.29, 1.82) is 0 Å². The molecule has 0 aromatic heterocycles. The molecule has 11 nitrogen and oxygen atoms in total. The van der Waals surface area contributed by atoms with E-state index >= 15 is 0 Å². The van der Waals surface area contributed by atoms with Gasteiger partial charge in [-0.1, -0.05) is 115 Å². The summed E-state index contributed by atoms with van der Waals surface area (Å²) in [6.45, 7) is 4.50. The van der Waals surface area contributed by atoms with E-state index in [-0.39, 0.29) is 31.7 Å². The summed E-state index contributed by atoms with van der Waals surface area (Å²) in [5.41, 5.74) is 0. The monoisotopic (exact) mass is 744 g/mol. The van der Waals surface area contributed by atoms with Gasteiger partial charge in [0.15, 0.2) is 6.10 Å². The van der Waals surface area contributed by atoms with Crippen LogP contribution in [-0.4, -0.2) is 77.9 Å². The lowest BCUT2D eigenvalue weighted by atomic mass is 10.00. The minimum Gasteiger partial charge on any atom is -0.462 e. The molecule has 4 unspecified atom stereocenters. The molecule has 0 aromatic rings. The fraction of sp³-hybridized carbons (Fsp3) is 0.795. The summed E-state index contributed by atoms with van der Waals surface area (Å²) in [6, 6.07) is 0. The Morgan fingerprint density at radius 2 is 1.43 bits per heavy atom. The minimum absolute atomic E-state index is 0.116. The number of unbranched alkanes of at least 4 members (excludes halogenated alkanes) is 8. The Balaban J connectivity index is 2.35. The molecule has 1 rings (SSSR count). The molecule has 0 saturated carbocycles. The quantitative estimate of drug-likeness (QED) is 0.0191. The summed E-state index contributed by atoms with van der Waals surface area (Å²) in [7, 11) is -4.63. The number of rotatable bonds is 34. The van der Waals surface area contributed by atoms with Crippen LogP contribution >= 0.6 is 7.82 Å². The highest BCUT2D eigenvalue weighted by Gasteiger charge is 2.36. The van der Waals surface area contributed by atoms with E-state index in [2.05, 4.69) is 61.8 Å². The molecule has 296 valence electrons. The van der Waals surface area contributed by atoms with E-state index in [0.717, 1.165) is 57.3 Å². The zero-order valence-corrected chi connectivity index (χ0v) is 32.6. The van der Waals surface area contributed by atoms with Crippen LogP contribution in [-0.2, 0) is 37.4 Å². The fourth-order valence-corrected chi connectivity index (χ4v) is 6.02. The van der Waals surface area contributed by atoms with Gasteiger partial charge in [-0.05, 0) is 57.3 Å². The SMILES string of the molecule is CCCCC/C=C\C/C=C\C/C=C\CC1OC1CCCC(=O)OC[C@H](COP(=O)(O)OC[C@@H](O)CO)OC(=O)CCCCCCCCC(C)CC. The average Bonchev–Trinajstić information content (AvgIpc) is 3.87. The Morgan fingerprint density at radius 3 is 2.14 bits per heavy atom. The lowest BCUT2D eigenvalue weighted by Gasteiger charge is -2.20. The number of phosphoric ester groups is 1. The van der Waals surface area contributed by atoms with Gasteiger partial charge in [0.05, 0.1) is 32.0 Å². The van der Waals surface area contributed by atoms with Gasteiger partial charge in [-0.3, -0.25) is 18.6 Å². The number of carbonyl (C=O) groups is 2. The van der Waals surface area contributed by atoms with Crippen molar-refractivity contribution in [3.8, 4) is 0 Å². The van der Waals surface area contributed by atoms with Crippen molar-refractivity contribution >= 4 is 19.8 Å². The Bertz CT molecular complexity index is 1030. The smallest absolute Gasteiger partial charge is 0.462 e. The fourth-order valence-electron chi connectivity index (χ4n) is 5.23. The Kier molecular flexibility index (Phi) is 28.3. The van der Waals surface area contributed by atoms with E-state index in [1.807, 2.05) is 0 Å². The maximum absolute atomic E-state index is 12.5. The molecular formula is C39H69O11P. The summed E-state index contributed by atoms with van der Waals surface area (Å²) in [5, 5.41) is 18.3. The number of allylic oxidation sites excluding steroid dienone is 5. The second-order valence-electron chi connectivity index (χ2n) is 13.6. The molecule has 1 fully saturated rings. The van der Waals surface area contributed by atoms with Gasteiger partial charge in [-0.25, -0.2) is 4.57 Å². The zero-order chi connectivity index (χ0) is 37.6. The van der Waals surface area contributed by atoms with Crippen LogP contribution in [0.3, 0.4) is 0 Å². The number of epoxide rings is 1. The average molecular weight is 745 g/mol. The van der Waals surface area contributed by atoms with Crippen molar-refractivity contribution in [1.82, 2.24) is 0 Å².